The van der Waals surface area contributed by atoms with Gasteiger partial charge in [-0.3, -0.25) is 0 Å². The average molecular weight is 577 g/mol. The standard InChI is InChI=1S/C37H29GeP/c1-6-17-29(18-7-1)34-27-16-28-35(30-19-8-2-9-20-30)36(34)38-37(31-21-10-3-11-22-31)39(38,32-23-12-4-13-24-32)33-25-14-5-15-26-33/h1-28,37H/t37-/m1/s1. The van der Waals surface area contributed by atoms with Crippen molar-refractivity contribution >= 4 is 33.9 Å². The van der Waals surface area contributed by atoms with Crippen molar-refractivity contribution in [2.24, 2.45) is 0 Å². The molecule has 0 N–H and O–H groups in total. The predicted octanol–water partition coefficient (Wildman–Crippen LogP) is 8.18. The zero-order valence-electron chi connectivity index (χ0n) is 21.7. The second kappa shape index (κ2) is 10.5. The summed E-state index contributed by atoms with van der Waals surface area (Å²) in [7, 11) is 0. The summed E-state index contributed by atoms with van der Waals surface area (Å²) in [4.78, 5) is 0. The molecular formula is C37H29GeP. The summed E-state index contributed by atoms with van der Waals surface area (Å²) in [6.45, 7) is 0. The van der Waals surface area contributed by atoms with E-state index in [1.54, 1.807) is 15.0 Å². The van der Waals surface area contributed by atoms with Gasteiger partial charge in [0.05, 0.1) is 0 Å². The van der Waals surface area contributed by atoms with Crippen molar-refractivity contribution in [3.05, 3.63) is 175 Å². The Hall–Kier alpha value is -3.71. The molecule has 0 bridgehead atoms. The van der Waals surface area contributed by atoms with Crippen LogP contribution < -0.4 is 15.0 Å². The summed E-state index contributed by atoms with van der Waals surface area (Å²) in [5.41, 5.74) is 5.30. The molecule has 0 nitrogen and oxygen atoms in total. The van der Waals surface area contributed by atoms with Gasteiger partial charge in [0.15, 0.2) is 0 Å². The Labute approximate surface area is 235 Å². The van der Waals surface area contributed by atoms with Crippen LogP contribution in [0.4, 0.5) is 0 Å². The van der Waals surface area contributed by atoms with Gasteiger partial charge in [-0.1, -0.05) is 0 Å². The van der Waals surface area contributed by atoms with Crippen molar-refractivity contribution in [1.29, 1.82) is 0 Å². The molecule has 186 valence electrons. The van der Waals surface area contributed by atoms with Gasteiger partial charge < -0.3 is 0 Å². The molecule has 0 saturated heterocycles. The van der Waals surface area contributed by atoms with E-state index in [9.17, 15) is 0 Å². The maximum atomic E-state index is 2.42. The molecule has 0 amide bonds. The topological polar surface area (TPSA) is 0 Å². The third-order valence-corrected chi connectivity index (χ3v) is 29.3. The summed E-state index contributed by atoms with van der Waals surface area (Å²) >= 11 is -2.03. The Kier molecular flexibility index (Phi) is 6.53. The van der Waals surface area contributed by atoms with Crippen LogP contribution in [-0.4, -0.2) is 13.4 Å². The normalized spacial score (nSPS) is 15.6. The van der Waals surface area contributed by atoms with Crippen molar-refractivity contribution in [2.75, 3.05) is 0 Å². The average Bonchev–Trinajstić information content (AvgIpc) is 3.73. The van der Waals surface area contributed by atoms with Gasteiger partial charge in [0.1, 0.15) is 0 Å². The number of hydrogen-bond acceptors (Lipinski definition) is 0. The number of benzene rings is 6. The van der Waals surface area contributed by atoms with Crippen molar-refractivity contribution in [3.8, 4) is 22.3 Å². The van der Waals surface area contributed by atoms with Crippen molar-refractivity contribution in [2.45, 2.75) is 4.49 Å². The third-order valence-electron chi connectivity index (χ3n) is 7.89. The van der Waals surface area contributed by atoms with Gasteiger partial charge in [-0.25, -0.2) is 0 Å². The van der Waals surface area contributed by atoms with Crippen LogP contribution in [0, 0.1) is 0 Å². The van der Waals surface area contributed by atoms with Gasteiger partial charge in [-0.15, -0.1) is 0 Å². The molecular weight excluding hydrogens is 548 g/mol. The Morgan fingerprint density at radius 1 is 0.385 bits per heavy atom. The first-order valence-electron chi connectivity index (χ1n) is 13.6. The Morgan fingerprint density at radius 3 is 1.21 bits per heavy atom. The molecule has 7 rings (SSSR count). The molecule has 1 heterocycles. The van der Waals surface area contributed by atoms with E-state index in [1.165, 1.54) is 27.8 Å². The fourth-order valence-corrected chi connectivity index (χ4v) is 34.9. The van der Waals surface area contributed by atoms with Gasteiger partial charge in [-0.2, -0.15) is 0 Å². The molecule has 0 aliphatic carbocycles. The van der Waals surface area contributed by atoms with E-state index in [-0.39, 0.29) is 0 Å². The van der Waals surface area contributed by atoms with Gasteiger partial charge in [0, 0.05) is 0 Å². The van der Waals surface area contributed by atoms with E-state index in [4.69, 9.17) is 0 Å². The minimum atomic E-state index is -2.03. The zero-order valence-corrected chi connectivity index (χ0v) is 24.7. The molecule has 1 atom stereocenters. The van der Waals surface area contributed by atoms with E-state index in [2.05, 4.69) is 170 Å². The van der Waals surface area contributed by atoms with Gasteiger partial charge in [-0.05, 0) is 0 Å². The number of hydrogen-bond donors (Lipinski definition) is 0. The molecule has 0 unspecified atom stereocenters. The molecule has 0 aromatic heterocycles. The molecule has 6 aromatic carbocycles. The van der Waals surface area contributed by atoms with E-state index < -0.39 is 18.9 Å². The van der Waals surface area contributed by atoms with Crippen LogP contribution in [0.2, 0.25) is 0 Å². The first kappa shape index (κ1) is 24.3. The van der Waals surface area contributed by atoms with Gasteiger partial charge >= 0.3 is 236 Å². The maximum absolute atomic E-state index is 2.42. The summed E-state index contributed by atoms with van der Waals surface area (Å²) in [5.74, 6) is 0. The zero-order chi connectivity index (χ0) is 26.1. The number of rotatable bonds is 6. The van der Waals surface area contributed by atoms with E-state index in [0.717, 1.165) is 0 Å². The van der Waals surface area contributed by atoms with E-state index in [1.807, 2.05) is 0 Å². The molecule has 6 aromatic rings. The van der Waals surface area contributed by atoms with Crippen LogP contribution in [0.15, 0.2) is 170 Å². The fourth-order valence-electron chi connectivity index (χ4n) is 6.21. The summed E-state index contributed by atoms with van der Waals surface area (Å²) in [5, 5.41) is 3.11. The third kappa shape index (κ3) is 4.20. The summed E-state index contributed by atoms with van der Waals surface area (Å²) < 4.78 is 2.22. The molecule has 2 heteroatoms. The Morgan fingerprint density at radius 2 is 0.769 bits per heavy atom. The summed E-state index contributed by atoms with van der Waals surface area (Å²) in [6, 6.07) is 63.5. The first-order valence-corrected chi connectivity index (χ1v) is 20.5. The molecule has 1 aliphatic heterocycles. The Bertz CT molecular complexity index is 1680. The van der Waals surface area contributed by atoms with Crippen molar-refractivity contribution in [1.82, 2.24) is 0 Å². The van der Waals surface area contributed by atoms with Crippen LogP contribution >= 0.6 is 5.43 Å². The van der Waals surface area contributed by atoms with Crippen LogP contribution in [0.1, 0.15) is 10.1 Å². The van der Waals surface area contributed by atoms with E-state index in [0.29, 0.717) is 4.49 Å². The predicted molar refractivity (Wildman–Crippen MR) is 171 cm³/mol. The van der Waals surface area contributed by atoms with Gasteiger partial charge in [0.25, 0.3) is 0 Å². The SMILES string of the molecule is c1ccc(-c2cccc(-c3ccccc3)[c]2[Ge]2=[P](c3ccccc3)(c3ccccc3)[C@@H]2c2ccccc2)cc1. The van der Waals surface area contributed by atoms with Crippen LogP contribution in [-0.2, 0) is 0 Å². The molecule has 1 aliphatic rings. The van der Waals surface area contributed by atoms with Crippen LogP contribution in [0.3, 0.4) is 0 Å². The quantitative estimate of drug-likeness (QED) is 0.138. The second-order valence-corrected chi connectivity index (χ2v) is 24.9. The molecule has 0 fully saturated rings. The minimum absolute atomic E-state index is 0.579. The Balaban J connectivity index is 1.64. The van der Waals surface area contributed by atoms with Crippen LogP contribution in [0.5, 0.6) is 0 Å². The molecule has 39 heavy (non-hydrogen) atoms. The molecule has 0 radical (unpaired) electrons. The van der Waals surface area contributed by atoms with Gasteiger partial charge in [0.2, 0.25) is 0 Å². The second-order valence-electron chi connectivity index (χ2n) is 10.1. The molecule has 0 saturated carbocycles. The van der Waals surface area contributed by atoms with Crippen LogP contribution in [0.25, 0.3) is 22.3 Å². The molecule has 0 spiro atoms. The van der Waals surface area contributed by atoms with Crippen molar-refractivity contribution in [3.63, 3.8) is 0 Å². The van der Waals surface area contributed by atoms with Crippen molar-refractivity contribution < 1.29 is 0 Å². The monoisotopic (exact) mass is 578 g/mol. The van der Waals surface area contributed by atoms with E-state index >= 15 is 0 Å². The first-order chi connectivity index (χ1) is 19.4. The summed E-state index contributed by atoms with van der Waals surface area (Å²) in [6.07, 6.45) is 0. The fraction of sp³-hybridized carbons (Fsp3) is 0.0270.